The van der Waals surface area contributed by atoms with E-state index in [0.29, 0.717) is 11.8 Å². The van der Waals surface area contributed by atoms with Crippen LogP contribution in [0.5, 0.6) is 0 Å². The largest absolute Gasteiger partial charge is 0.313 e. The lowest BCUT2D eigenvalue weighted by atomic mass is 9.76. The molecule has 3 heteroatoms. The fraction of sp³-hybridized carbons (Fsp3) is 0.846. The molecule has 0 aromatic heterocycles. The highest BCUT2D eigenvalue weighted by Gasteiger charge is 2.42. The highest BCUT2D eigenvalue weighted by atomic mass is 32.2. The second-order valence-corrected chi connectivity index (χ2v) is 6.57. The molecule has 4 atom stereocenters. The van der Waals surface area contributed by atoms with Gasteiger partial charge in [0.1, 0.15) is 6.17 Å². The topological polar surface area (TPSA) is 12.0 Å². The van der Waals surface area contributed by atoms with Crippen molar-refractivity contribution >= 4 is 11.8 Å². The number of fused-ring (bicyclic) bond motifs is 1. The van der Waals surface area contributed by atoms with Gasteiger partial charge in [0.2, 0.25) is 0 Å². The van der Waals surface area contributed by atoms with Gasteiger partial charge < -0.3 is 5.32 Å². The maximum absolute atomic E-state index is 13.5. The minimum atomic E-state index is -0.528. The van der Waals surface area contributed by atoms with Crippen LogP contribution in [0.1, 0.15) is 25.7 Å². The van der Waals surface area contributed by atoms with Gasteiger partial charge in [0.05, 0.1) is 0 Å². The van der Waals surface area contributed by atoms with E-state index in [-0.39, 0.29) is 0 Å². The highest BCUT2D eigenvalue weighted by Crippen LogP contribution is 2.48. The quantitative estimate of drug-likeness (QED) is 0.709. The molecule has 0 spiro atoms. The van der Waals surface area contributed by atoms with E-state index in [1.165, 1.54) is 5.75 Å². The van der Waals surface area contributed by atoms with E-state index in [9.17, 15) is 4.39 Å². The van der Waals surface area contributed by atoms with Crippen LogP contribution in [0.15, 0.2) is 11.6 Å². The zero-order valence-corrected chi connectivity index (χ0v) is 10.4. The van der Waals surface area contributed by atoms with E-state index in [0.717, 1.165) is 44.0 Å². The van der Waals surface area contributed by atoms with Gasteiger partial charge in [0, 0.05) is 17.5 Å². The Balaban J connectivity index is 1.73. The van der Waals surface area contributed by atoms with E-state index in [2.05, 4.69) is 23.2 Å². The maximum Gasteiger partial charge on any atom is 0.100 e. The summed E-state index contributed by atoms with van der Waals surface area (Å²) >= 11 is 2.09. The predicted octanol–water partition coefficient (Wildman–Crippen LogP) is 2.78. The maximum atomic E-state index is 13.5. The van der Waals surface area contributed by atoms with Gasteiger partial charge in [-0.25, -0.2) is 4.39 Å². The summed E-state index contributed by atoms with van der Waals surface area (Å²) < 4.78 is 13.5. The molecule has 2 fully saturated rings. The number of halogens is 1. The summed E-state index contributed by atoms with van der Waals surface area (Å²) in [6.45, 7) is 2.16. The average molecular weight is 241 g/mol. The summed E-state index contributed by atoms with van der Waals surface area (Å²) in [5.41, 5.74) is 1.57. The summed E-state index contributed by atoms with van der Waals surface area (Å²) in [6.07, 6.45) is 5.77. The van der Waals surface area contributed by atoms with Crippen molar-refractivity contribution in [2.45, 2.75) is 37.1 Å². The Hall–Kier alpha value is -0.0200. The van der Waals surface area contributed by atoms with Crippen molar-refractivity contribution in [1.82, 2.24) is 5.32 Å². The molecule has 0 radical (unpaired) electrons. The molecule has 3 aliphatic rings. The van der Waals surface area contributed by atoms with Crippen molar-refractivity contribution in [2.24, 2.45) is 11.8 Å². The Kier molecular flexibility index (Phi) is 3.25. The summed E-state index contributed by atoms with van der Waals surface area (Å²) in [6, 6.07) is 0. The Morgan fingerprint density at radius 2 is 2.31 bits per heavy atom. The van der Waals surface area contributed by atoms with Gasteiger partial charge in [-0.2, -0.15) is 11.8 Å². The number of hydrogen-bond acceptors (Lipinski definition) is 2. The van der Waals surface area contributed by atoms with Gasteiger partial charge in [-0.3, -0.25) is 0 Å². The fourth-order valence-electron chi connectivity index (χ4n) is 3.43. The molecule has 1 saturated heterocycles. The van der Waals surface area contributed by atoms with Crippen LogP contribution in [0, 0.1) is 11.8 Å². The molecule has 2 aliphatic heterocycles. The molecule has 1 N–H and O–H groups in total. The molecule has 0 amide bonds. The normalized spacial score (nSPS) is 43.9. The third kappa shape index (κ3) is 2.04. The third-order valence-electron chi connectivity index (χ3n) is 4.31. The first-order valence-electron chi connectivity index (χ1n) is 6.50. The van der Waals surface area contributed by atoms with Crippen molar-refractivity contribution in [3.05, 3.63) is 11.6 Å². The van der Waals surface area contributed by atoms with Gasteiger partial charge >= 0.3 is 0 Å². The third-order valence-corrected chi connectivity index (χ3v) is 5.87. The lowest BCUT2D eigenvalue weighted by Gasteiger charge is -2.32. The van der Waals surface area contributed by atoms with Crippen LogP contribution in [0.2, 0.25) is 0 Å². The van der Waals surface area contributed by atoms with Crippen LogP contribution in [0.3, 0.4) is 0 Å². The zero-order chi connectivity index (χ0) is 11.0. The molecule has 90 valence electrons. The summed E-state index contributed by atoms with van der Waals surface area (Å²) in [7, 11) is 0. The van der Waals surface area contributed by atoms with E-state index in [1.54, 1.807) is 5.57 Å². The Bertz CT molecular complexity index is 292. The summed E-state index contributed by atoms with van der Waals surface area (Å²) in [4.78, 5) is 0. The van der Waals surface area contributed by atoms with Crippen LogP contribution >= 0.6 is 11.8 Å². The average Bonchev–Trinajstić information content (AvgIpc) is 2.73. The summed E-state index contributed by atoms with van der Waals surface area (Å²) in [5, 5.41) is 4.20. The van der Waals surface area contributed by atoms with E-state index in [4.69, 9.17) is 0 Å². The smallest absolute Gasteiger partial charge is 0.100 e. The van der Waals surface area contributed by atoms with Gasteiger partial charge in [-0.1, -0.05) is 11.6 Å². The molecule has 2 heterocycles. The molecule has 1 nitrogen and oxygen atoms in total. The van der Waals surface area contributed by atoms with Crippen molar-refractivity contribution in [1.29, 1.82) is 0 Å². The van der Waals surface area contributed by atoms with Gasteiger partial charge in [0.25, 0.3) is 0 Å². The number of rotatable bonds is 1. The molecule has 1 aliphatic carbocycles. The predicted molar refractivity (Wildman–Crippen MR) is 67.5 cm³/mol. The van der Waals surface area contributed by atoms with Crippen molar-refractivity contribution in [3.63, 3.8) is 0 Å². The van der Waals surface area contributed by atoms with Crippen LogP contribution in [-0.4, -0.2) is 30.3 Å². The van der Waals surface area contributed by atoms with Crippen molar-refractivity contribution < 1.29 is 4.39 Å². The standard InChI is InChI=1S/C13H20FNS/c14-10-3-4-13-11(6-10)12(8-16-13)9-2-1-5-15-7-9/h2,10-13,15H,1,3-8H2. The first-order chi connectivity index (χ1) is 7.84. The molecule has 16 heavy (non-hydrogen) atoms. The SMILES string of the molecule is FC1CCC2SCC(C3=CCCNC3)C2C1. The molecular weight excluding hydrogens is 221 g/mol. The molecule has 0 aromatic carbocycles. The number of nitrogens with one attached hydrogen (secondary N) is 1. The fourth-order valence-corrected chi connectivity index (χ4v) is 5.20. The van der Waals surface area contributed by atoms with E-state index >= 15 is 0 Å². The Morgan fingerprint density at radius 1 is 1.38 bits per heavy atom. The summed E-state index contributed by atoms with van der Waals surface area (Å²) in [5.74, 6) is 2.52. The highest BCUT2D eigenvalue weighted by molar-refractivity contribution is 8.00. The van der Waals surface area contributed by atoms with Crippen LogP contribution in [0.25, 0.3) is 0 Å². The molecule has 3 rings (SSSR count). The van der Waals surface area contributed by atoms with Gasteiger partial charge in [-0.05, 0) is 44.1 Å². The Labute approximate surface area is 101 Å². The lowest BCUT2D eigenvalue weighted by molar-refractivity contribution is 0.186. The second-order valence-electron chi connectivity index (χ2n) is 5.30. The van der Waals surface area contributed by atoms with Crippen molar-refractivity contribution in [2.75, 3.05) is 18.8 Å². The van der Waals surface area contributed by atoms with Crippen LogP contribution < -0.4 is 5.32 Å². The van der Waals surface area contributed by atoms with Gasteiger partial charge in [0.15, 0.2) is 0 Å². The van der Waals surface area contributed by atoms with Crippen LogP contribution in [-0.2, 0) is 0 Å². The second kappa shape index (κ2) is 4.69. The minimum absolute atomic E-state index is 0.528. The number of hydrogen-bond donors (Lipinski definition) is 1. The van der Waals surface area contributed by atoms with E-state index in [1.807, 2.05) is 0 Å². The Morgan fingerprint density at radius 3 is 3.12 bits per heavy atom. The first kappa shape index (κ1) is 11.1. The minimum Gasteiger partial charge on any atom is -0.313 e. The number of alkyl halides is 1. The zero-order valence-electron chi connectivity index (χ0n) is 9.62. The van der Waals surface area contributed by atoms with Crippen molar-refractivity contribution in [3.8, 4) is 0 Å². The molecule has 0 bridgehead atoms. The van der Waals surface area contributed by atoms with E-state index < -0.39 is 6.17 Å². The number of thioether (sulfide) groups is 1. The van der Waals surface area contributed by atoms with Crippen LogP contribution in [0.4, 0.5) is 4.39 Å². The monoisotopic (exact) mass is 241 g/mol. The molecule has 1 saturated carbocycles. The molecule has 0 aromatic rings. The molecule has 4 unspecified atom stereocenters. The first-order valence-corrected chi connectivity index (χ1v) is 7.55. The molecular formula is C13H20FNS. The van der Waals surface area contributed by atoms with Gasteiger partial charge in [-0.15, -0.1) is 0 Å². The lowest BCUT2D eigenvalue weighted by Crippen LogP contribution is -2.33.